The standard InChI is InChI=1S/C24H20N4S/c1-28(23-26-24(29-27-23)25-19-11-3-2-4-12-19)16-22-20-13-7-5-9-17(20)15-18-10-6-8-14-21(18)22/h2-15H,16H2,1H3,(H,25,26,27). The smallest absolute Gasteiger partial charge is 0.239 e. The zero-order valence-electron chi connectivity index (χ0n) is 16.0. The number of rotatable bonds is 5. The van der Waals surface area contributed by atoms with Crippen molar-refractivity contribution in [1.29, 1.82) is 0 Å². The highest BCUT2D eigenvalue weighted by molar-refractivity contribution is 7.10. The van der Waals surface area contributed by atoms with Crippen LogP contribution in [-0.2, 0) is 6.54 Å². The van der Waals surface area contributed by atoms with E-state index in [1.807, 2.05) is 37.4 Å². The van der Waals surface area contributed by atoms with Crippen molar-refractivity contribution in [2.75, 3.05) is 17.3 Å². The largest absolute Gasteiger partial charge is 0.339 e. The predicted octanol–water partition coefficient (Wildman–Crippen LogP) is 6.22. The molecule has 0 radical (unpaired) electrons. The molecule has 0 aliphatic heterocycles. The van der Waals surface area contributed by atoms with Crippen molar-refractivity contribution in [3.05, 3.63) is 90.5 Å². The van der Waals surface area contributed by atoms with Gasteiger partial charge in [0.25, 0.3) is 0 Å². The minimum absolute atomic E-state index is 0.727. The Hall–Kier alpha value is -3.44. The molecule has 142 valence electrons. The molecule has 5 heteroatoms. The summed E-state index contributed by atoms with van der Waals surface area (Å²) in [6, 6.07) is 29.4. The molecule has 0 bridgehead atoms. The zero-order valence-corrected chi connectivity index (χ0v) is 16.9. The molecule has 4 nitrogen and oxygen atoms in total. The number of benzene rings is 4. The number of para-hydroxylation sites is 1. The molecule has 4 aromatic carbocycles. The first-order valence-corrected chi connectivity index (χ1v) is 10.3. The highest BCUT2D eigenvalue weighted by atomic mass is 32.1. The first-order chi connectivity index (χ1) is 14.3. The van der Waals surface area contributed by atoms with Gasteiger partial charge in [0.05, 0.1) is 0 Å². The van der Waals surface area contributed by atoms with E-state index in [1.165, 1.54) is 38.6 Å². The fraction of sp³-hybridized carbons (Fsp3) is 0.0833. The van der Waals surface area contributed by atoms with Gasteiger partial charge < -0.3 is 10.2 Å². The van der Waals surface area contributed by atoms with Crippen LogP contribution in [0.1, 0.15) is 5.56 Å². The molecule has 0 saturated carbocycles. The topological polar surface area (TPSA) is 41.1 Å². The average molecular weight is 397 g/mol. The van der Waals surface area contributed by atoms with Crippen molar-refractivity contribution in [3.8, 4) is 0 Å². The maximum absolute atomic E-state index is 4.68. The van der Waals surface area contributed by atoms with Crippen molar-refractivity contribution < 1.29 is 0 Å². The fourth-order valence-electron chi connectivity index (χ4n) is 3.65. The third-order valence-electron chi connectivity index (χ3n) is 5.06. The van der Waals surface area contributed by atoms with Crippen LogP contribution in [0, 0.1) is 0 Å². The molecule has 0 aliphatic carbocycles. The highest BCUT2D eigenvalue weighted by Gasteiger charge is 2.14. The summed E-state index contributed by atoms with van der Waals surface area (Å²) in [4.78, 5) is 6.80. The first kappa shape index (κ1) is 17.6. The van der Waals surface area contributed by atoms with E-state index < -0.39 is 0 Å². The molecule has 1 aromatic heterocycles. The number of hydrogen-bond acceptors (Lipinski definition) is 5. The molecular weight excluding hydrogens is 376 g/mol. The van der Waals surface area contributed by atoms with Crippen molar-refractivity contribution in [2.45, 2.75) is 6.54 Å². The Morgan fingerprint density at radius 3 is 2.14 bits per heavy atom. The minimum atomic E-state index is 0.727. The Balaban J connectivity index is 1.48. The van der Waals surface area contributed by atoms with Gasteiger partial charge in [0.15, 0.2) is 0 Å². The monoisotopic (exact) mass is 396 g/mol. The highest BCUT2D eigenvalue weighted by Crippen LogP contribution is 2.30. The van der Waals surface area contributed by atoms with Crippen LogP contribution in [0.15, 0.2) is 84.9 Å². The summed E-state index contributed by atoms with van der Waals surface area (Å²) in [7, 11) is 2.05. The summed E-state index contributed by atoms with van der Waals surface area (Å²) in [5, 5.41) is 9.17. The van der Waals surface area contributed by atoms with Crippen LogP contribution in [0.5, 0.6) is 0 Å². The molecule has 1 heterocycles. The van der Waals surface area contributed by atoms with Gasteiger partial charge in [-0.25, -0.2) is 0 Å². The SMILES string of the molecule is CN(Cc1c2ccccc2cc2ccccc12)c1nsc(Nc2ccccc2)n1. The molecule has 0 fully saturated rings. The summed E-state index contributed by atoms with van der Waals surface area (Å²) in [5.74, 6) is 0.727. The summed E-state index contributed by atoms with van der Waals surface area (Å²) in [6.45, 7) is 0.739. The third kappa shape index (κ3) is 3.52. The summed E-state index contributed by atoms with van der Waals surface area (Å²) in [6.07, 6.45) is 0. The summed E-state index contributed by atoms with van der Waals surface area (Å²) >= 11 is 1.38. The van der Waals surface area contributed by atoms with Crippen LogP contribution in [0.25, 0.3) is 21.5 Å². The second kappa shape index (κ2) is 7.53. The van der Waals surface area contributed by atoms with Crippen LogP contribution >= 0.6 is 11.5 Å². The molecular formula is C24H20N4S. The van der Waals surface area contributed by atoms with E-state index >= 15 is 0 Å². The van der Waals surface area contributed by atoms with Crippen LogP contribution in [0.3, 0.4) is 0 Å². The predicted molar refractivity (Wildman–Crippen MR) is 123 cm³/mol. The van der Waals surface area contributed by atoms with Gasteiger partial charge in [-0.2, -0.15) is 9.36 Å². The number of fused-ring (bicyclic) bond motifs is 2. The summed E-state index contributed by atoms with van der Waals surface area (Å²) in [5.41, 5.74) is 2.31. The molecule has 0 amide bonds. The van der Waals surface area contributed by atoms with E-state index in [0.717, 1.165) is 23.3 Å². The Bertz CT molecular complexity index is 1230. The second-order valence-corrected chi connectivity index (χ2v) is 7.80. The van der Waals surface area contributed by atoms with E-state index in [-0.39, 0.29) is 0 Å². The lowest BCUT2D eigenvalue weighted by molar-refractivity contribution is 0.896. The minimum Gasteiger partial charge on any atom is -0.339 e. The van der Waals surface area contributed by atoms with Gasteiger partial charge in [-0.15, -0.1) is 0 Å². The van der Waals surface area contributed by atoms with Gasteiger partial charge in [-0.3, -0.25) is 0 Å². The molecule has 5 rings (SSSR count). The lowest BCUT2D eigenvalue weighted by Gasteiger charge is -2.18. The number of hydrogen-bond donors (Lipinski definition) is 1. The van der Waals surface area contributed by atoms with Crippen LogP contribution in [0.4, 0.5) is 16.8 Å². The number of aromatic nitrogens is 2. The number of anilines is 3. The van der Waals surface area contributed by atoms with Gasteiger partial charge in [0, 0.05) is 30.8 Å². The molecule has 29 heavy (non-hydrogen) atoms. The van der Waals surface area contributed by atoms with Crippen molar-refractivity contribution in [2.24, 2.45) is 0 Å². The molecule has 0 unspecified atom stereocenters. The van der Waals surface area contributed by atoms with E-state index in [0.29, 0.717) is 0 Å². The molecule has 0 saturated heterocycles. The Morgan fingerprint density at radius 2 is 1.45 bits per heavy atom. The lowest BCUT2D eigenvalue weighted by atomic mass is 9.96. The van der Waals surface area contributed by atoms with Crippen molar-refractivity contribution in [1.82, 2.24) is 9.36 Å². The second-order valence-electron chi connectivity index (χ2n) is 7.04. The van der Waals surface area contributed by atoms with Gasteiger partial charge in [-0.05, 0) is 45.3 Å². The Labute approximate surface area is 173 Å². The van der Waals surface area contributed by atoms with E-state index in [2.05, 4.69) is 74.2 Å². The van der Waals surface area contributed by atoms with Crippen molar-refractivity contribution in [3.63, 3.8) is 0 Å². The van der Waals surface area contributed by atoms with Crippen molar-refractivity contribution >= 4 is 49.8 Å². The van der Waals surface area contributed by atoms with Gasteiger partial charge >= 0.3 is 0 Å². The first-order valence-electron chi connectivity index (χ1n) is 9.54. The van der Waals surface area contributed by atoms with Gasteiger partial charge in [-0.1, -0.05) is 66.7 Å². The number of nitrogens with zero attached hydrogens (tertiary/aromatic N) is 3. The zero-order chi connectivity index (χ0) is 19.6. The molecule has 1 N–H and O–H groups in total. The van der Waals surface area contributed by atoms with Gasteiger partial charge in [0.1, 0.15) is 0 Å². The number of nitrogens with one attached hydrogen (secondary N) is 1. The van der Waals surface area contributed by atoms with E-state index in [9.17, 15) is 0 Å². The molecule has 5 aromatic rings. The van der Waals surface area contributed by atoms with Crippen LogP contribution in [0.2, 0.25) is 0 Å². The van der Waals surface area contributed by atoms with E-state index in [1.54, 1.807) is 0 Å². The normalized spacial score (nSPS) is 11.1. The molecule has 0 aliphatic rings. The molecule has 0 atom stereocenters. The maximum atomic E-state index is 4.68. The fourth-order valence-corrected chi connectivity index (χ4v) is 4.29. The van der Waals surface area contributed by atoms with E-state index in [4.69, 9.17) is 0 Å². The lowest BCUT2D eigenvalue weighted by Crippen LogP contribution is -2.18. The maximum Gasteiger partial charge on any atom is 0.239 e. The van der Waals surface area contributed by atoms with Crippen LogP contribution in [-0.4, -0.2) is 16.4 Å². The Morgan fingerprint density at radius 1 is 0.828 bits per heavy atom. The quantitative estimate of drug-likeness (QED) is 0.358. The van der Waals surface area contributed by atoms with Crippen LogP contribution < -0.4 is 10.2 Å². The summed E-state index contributed by atoms with van der Waals surface area (Å²) < 4.78 is 4.56. The molecule has 0 spiro atoms. The average Bonchev–Trinajstić information content (AvgIpc) is 3.23. The van der Waals surface area contributed by atoms with Gasteiger partial charge in [0.2, 0.25) is 11.1 Å². The third-order valence-corrected chi connectivity index (χ3v) is 5.68. The Kier molecular flexibility index (Phi) is 4.58.